The SMILES string of the molecule is O=C1CCNCC1c1ccc(F)cc1F. The van der Waals surface area contributed by atoms with Gasteiger partial charge in [-0.05, 0) is 11.6 Å². The largest absolute Gasteiger partial charge is 0.315 e. The standard InChI is InChI=1S/C11H11F2NO/c12-7-1-2-8(10(13)5-7)9-6-14-4-3-11(9)15/h1-2,5,9,14H,3-4,6H2. The Hall–Kier alpha value is -1.29. The van der Waals surface area contributed by atoms with E-state index in [4.69, 9.17) is 0 Å². The minimum Gasteiger partial charge on any atom is -0.315 e. The van der Waals surface area contributed by atoms with E-state index in [1.807, 2.05) is 0 Å². The zero-order chi connectivity index (χ0) is 10.8. The average molecular weight is 211 g/mol. The fourth-order valence-electron chi connectivity index (χ4n) is 1.81. The molecular weight excluding hydrogens is 200 g/mol. The first-order valence-corrected chi connectivity index (χ1v) is 4.87. The number of halogens is 2. The second-order valence-corrected chi connectivity index (χ2v) is 3.64. The Balaban J connectivity index is 2.31. The van der Waals surface area contributed by atoms with E-state index < -0.39 is 17.6 Å². The van der Waals surface area contributed by atoms with Crippen LogP contribution < -0.4 is 5.32 Å². The molecule has 15 heavy (non-hydrogen) atoms. The van der Waals surface area contributed by atoms with Crippen molar-refractivity contribution in [1.29, 1.82) is 0 Å². The van der Waals surface area contributed by atoms with Gasteiger partial charge in [-0.25, -0.2) is 8.78 Å². The molecule has 4 heteroatoms. The van der Waals surface area contributed by atoms with Crippen LogP contribution in [0.4, 0.5) is 8.78 Å². The average Bonchev–Trinajstić information content (AvgIpc) is 2.20. The maximum absolute atomic E-state index is 13.4. The van der Waals surface area contributed by atoms with Crippen molar-refractivity contribution in [3.8, 4) is 0 Å². The maximum atomic E-state index is 13.4. The number of hydrogen-bond acceptors (Lipinski definition) is 2. The van der Waals surface area contributed by atoms with Gasteiger partial charge in [0.25, 0.3) is 0 Å². The lowest BCUT2D eigenvalue weighted by Gasteiger charge is -2.22. The van der Waals surface area contributed by atoms with Gasteiger partial charge in [0.2, 0.25) is 0 Å². The van der Waals surface area contributed by atoms with Gasteiger partial charge in [0, 0.05) is 25.6 Å². The maximum Gasteiger partial charge on any atom is 0.142 e. The van der Waals surface area contributed by atoms with Crippen LogP contribution in [-0.4, -0.2) is 18.9 Å². The lowest BCUT2D eigenvalue weighted by Crippen LogP contribution is -2.35. The van der Waals surface area contributed by atoms with Crippen molar-refractivity contribution in [3.63, 3.8) is 0 Å². The third-order valence-electron chi connectivity index (χ3n) is 2.62. The van der Waals surface area contributed by atoms with Crippen LogP contribution in [0.15, 0.2) is 18.2 Å². The molecule has 1 heterocycles. The van der Waals surface area contributed by atoms with Crippen LogP contribution in [0.5, 0.6) is 0 Å². The molecule has 1 aliphatic heterocycles. The molecule has 1 fully saturated rings. The molecule has 0 amide bonds. The van der Waals surface area contributed by atoms with Gasteiger partial charge in [-0.3, -0.25) is 4.79 Å². The molecule has 1 aliphatic rings. The first kappa shape index (κ1) is 10.2. The van der Waals surface area contributed by atoms with E-state index >= 15 is 0 Å². The Morgan fingerprint density at radius 1 is 1.33 bits per heavy atom. The van der Waals surface area contributed by atoms with E-state index in [9.17, 15) is 13.6 Å². The molecule has 0 aliphatic carbocycles. The Kier molecular flexibility index (Phi) is 2.77. The summed E-state index contributed by atoms with van der Waals surface area (Å²) in [6.07, 6.45) is 0.404. The summed E-state index contributed by atoms with van der Waals surface area (Å²) in [5.41, 5.74) is 0.286. The van der Waals surface area contributed by atoms with Gasteiger partial charge >= 0.3 is 0 Å². The Bertz CT molecular complexity index is 392. The number of benzene rings is 1. The summed E-state index contributed by atoms with van der Waals surface area (Å²) < 4.78 is 26.1. The highest BCUT2D eigenvalue weighted by Crippen LogP contribution is 2.23. The molecule has 0 aromatic heterocycles. The molecule has 0 spiro atoms. The molecule has 1 aromatic carbocycles. The highest BCUT2D eigenvalue weighted by atomic mass is 19.1. The van der Waals surface area contributed by atoms with Gasteiger partial charge < -0.3 is 5.32 Å². The van der Waals surface area contributed by atoms with Crippen LogP contribution in [0.3, 0.4) is 0 Å². The summed E-state index contributed by atoms with van der Waals surface area (Å²) in [6, 6.07) is 3.34. The lowest BCUT2D eigenvalue weighted by atomic mass is 9.90. The Morgan fingerprint density at radius 3 is 2.80 bits per heavy atom. The molecule has 1 saturated heterocycles. The molecule has 0 bridgehead atoms. The molecule has 1 unspecified atom stereocenters. The number of hydrogen-bond donors (Lipinski definition) is 1. The third-order valence-corrected chi connectivity index (χ3v) is 2.62. The van der Waals surface area contributed by atoms with Crippen molar-refractivity contribution in [2.24, 2.45) is 0 Å². The molecule has 80 valence electrons. The second-order valence-electron chi connectivity index (χ2n) is 3.64. The second kappa shape index (κ2) is 4.06. The number of ketones is 1. The first-order valence-electron chi connectivity index (χ1n) is 4.87. The van der Waals surface area contributed by atoms with Gasteiger partial charge in [-0.15, -0.1) is 0 Å². The smallest absolute Gasteiger partial charge is 0.142 e. The van der Waals surface area contributed by atoms with Crippen molar-refractivity contribution < 1.29 is 13.6 Å². The van der Waals surface area contributed by atoms with Gasteiger partial charge in [0.1, 0.15) is 17.4 Å². The van der Waals surface area contributed by atoms with E-state index in [0.29, 0.717) is 19.5 Å². The van der Waals surface area contributed by atoms with Crippen LogP contribution in [-0.2, 0) is 4.79 Å². The lowest BCUT2D eigenvalue weighted by molar-refractivity contribution is -0.121. The number of rotatable bonds is 1. The normalized spacial score (nSPS) is 21.7. The fourth-order valence-corrected chi connectivity index (χ4v) is 1.81. The van der Waals surface area contributed by atoms with Gasteiger partial charge in [0.05, 0.1) is 5.92 Å². The van der Waals surface area contributed by atoms with Gasteiger partial charge in [-0.1, -0.05) is 6.07 Å². The molecule has 2 rings (SSSR count). The van der Waals surface area contributed by atoms with Crippen LogP contribution in [0, 0.1) is 11.6 Å². The van der Waals surface area contributed by atoms with Crippen LogP contribution in [0.2, 0.25) is 0 Å². The topological polar surface area (TPSA) is 29.1 Å². The molecular formula is C11H11F2NO. The Morgan fingerprint density at radius 2 is 2.13 bits per heavy atom. The number of nitrogens with one attached hydrogen (secondary N) is 1. The zero-order valence-electron chi connectivity index (χ0n) is 8.09. The molecule has 1 atom stereocenters. The van der Waals surface area contributed by atoms with E-state index in [1.165, 1.54) is 12.1 Å². The van der Waals surface area contributed by atoms with Crippen molar-refractivity contribution in [2.45, 2.75) is 12.3 Å². The monoisotopic (exact) mass is 211 g/mol. The van der Waals surface area contributed by atoms with Crippen molar-refractivity contribution >= 4 is 5.78 Å². The quantitative estimate of drug-likeness (QED) is 0.764. The Labute approximate surface area is 86.3 Å². The summed E-state index contributed by atoms with van der Waals surface area (Å²) in [4.78, 5) is 11.5. The van der Waals surface area contributed by atoms with Crippen molar-refractivity contribution in [2.75, 3.05) is 13.1 Å². The molecule has 1 aromatic rings. The fraction of sp³-hybridized carbons (Fsp3) is 0.364. The number of carbonyl (C=O) groups excluding carboxylic acids is 1. The highest BCUT2D eigenvalue weighted by molar-refractivity contribution is 5.86. The van der Waals surface area contributed by atoms with E-state index in [1.54, 1.807) is 0 Å². The predicted octanol–water partition coefficient (Wildman–Crippen LogP) is 1.61. The van der Waals surface area contributed by atoms with Crippen molar-refractivity contribution in [1.82, 2.24) is 5.32 Å². The van der Waals surface area contributed by atoms with Crippen LogP contribution in [0.25, 0.3) is 0 Å². The molecule has 1 N–H and O–H groups in total. The first-order chi connectivity index (χ1) is 7.18. The number of Topliss-reactive ketones (excluding diaryl/α,β-unsaturated/α-hetero) is 1. The summed E-state index contributed by atoms with van der Waals surface area (Å²) in [5, 5.41) is 3.02. The summed E-state index contributed by atoms with van der Waals surface area (Å²) in [5.74, 6) is -1.72. The molecule has 2 nitrogen and oxygen atoms in total. The molecule has 0 saturated carbocycles. The van der Waals surface area contributed by atoms with E-state index in [0.717, 1.165) is 6.07 Å². The van der Waals surface area contributed by atoms with Gasteiger partial charge in [0.15, 0.2) is 0 Å². The predicted molar refractivity (Wildman–Crippen MR) is 51.6 cm³/mol. The van der Waals surface area contributed by atoms with Crippen LogP contribution >= 0.6 is 0 Å². The minimum atomic E-state index is -0.642. The third kappa shape index (κ3) is 2.04. The summed E-state index contributed by atoms with van der Waals surface area (Å²) in [6.45, 7) is 1.07. The van der Waals surface area contributed by atoms with E-state index in [2.05, 4.69) is 5.32 Å². The highest BCUT2D eigenvalue weighted by Gasteiger charge is 2.26. The number of piperidine rings is 1. The van der Waals surface area contributed by atoms with Crippen molar-refractivity contribution in [3.05, 3.63) is 35.4 Å². The summed E-state index contributed by atoms with van der Waals surface area (Å²) in [7, 11) is 0. The summed E-state index contributed by atoms with van der Waals surface area (Å²) >= 11 is 0. The van der Waals surface area contributed by atoms with Crippen LogP contribution in [0.1, 0.15) is 17.9 Å². The molecule has 0 radical (unpaired) electrons. The zero-order valence-corrected chi connectivity index (χ0v) is 8.09. The van der Waals surface area contributed by atoms with Gasteiger partial charge in [-0.2, -0.15) is 0 Å². The number of carbonyl (C=O) groups is 1. The minimum absolute atomic E-state index is 0.0132. The van der Waals surface area contributed by atoms with E-state index in [-0.39, 0.29) is 11.3 Å².